The van der Waals surface area contributed by atoms with Gasteiger partial charge in [0.05, 0.1) is 28.6 Å². The van der Waals surface area contributed by atoms with E-state index in [0.717, 1.165) is 5.56 Å². The predicted octanol–water partition coefficient (Wildman–Crippen LogP) is 5.14. The maximum atomic E-state index is 13.5. The van der Waals surface area contributed by atoms with Gasteiger partial charge in [0.15, 0.2) is 0 Å². The number of nitrogens with zero attached hydrogens (tertiary/aromatic N) is 3. The summed E-state index contributed by atoms with van der Waals surface area (Å²) in [7, 11) is -2.54. The molecule has 0 aliphatic heterocycles. The number of nitrogens with one attached hydrogen (secondary N) is 1. The van der Waals surface area contributed by atoms with Crippen molar-refractivity contribution in [2.24, 2.45) is 0 Å². The molecule has 2 aromatic heterocycles. The number of anilines is 2. The van der Waals surface area contributed by atoms with Gasteiger partial charge in [-0.1, -0.05) is 57.2 Å². The molecule has 2 heterocycles. The summed E-state index contributed by atoms with van der Waals surface area (Å²) in [6, 6.07) is 22.6. The number of hydrogen-bond acceptors (Lipinski definition) is 7. The monoisotopic (exact) mass is 555 g/mol. The second-order valence-electron chi connectivity index (χ2n) is 10.3. The van der Waals surface area contributed by atoms with Crippen molar-refractivity contribution in [3.05, 3.63) is 101 Å². The summed E-state index contributed by atoms with van der Waals surface area (Å²) in [6.45, 7) is 6.06. The topological polar surface area (TPSA) is 129 Å². The number of methoxy groups -OCH3 is 1. The van der Waals surface area contributed by atoms with E-state index < -0.39 is 10.0 Å². The summed E-state index contributed by atoms with van der Waals surface area (Å²) < 4.78 is 36.0. The Bertz CT molecular complexity index is 1900. The summed E-state index contributed by atoms with van der Waals surface area (Å²) in [5.74, 6) is 0.191. The van der Waals surface area contributed by atoms with E-state index in [1.54, 1.807) is 60.8 Å². The molecule has 9 nitrogen and oxygen atoms in total. The van der Waals surface area contributed by atoms with E-state index in [-0.39, 0.29) is 33.4 Å². The Labute approximate surface area is 232 Å². The number of nitrogens with two attached hydrogens (primary N) is 1. The summed E-state index contributed by atoms with van der Waals surface area (Å²) in [6.07, 6.45) is 1.55. The third-order valence-electron chi connectivity index (χ3n) is 6.54. The second kappa shape index (κ2) is 10.1. The molecular formula is C30H29N5O4S. The van der Waals surface area contributed by atoms with Crippen molar-refractivity contribution >= 4 is 32.6 Å². The number of ether oxygens (including phenoxy) is 1. The molecule has 0 saturated carbocycles. The van der Waals surface area contributed by atoms with Gasteiger partial charge >= 0.3 is 0 Å². The van der Waals surface area contributed by atoms with E-state index in [1.165, 1.54) is 11.7 Å². The molecule has 0 saturated heterocycles. The number of para-hydroxylation sites is 1. The van der Waals surface area contributed by atoms with Crippen molar-refractivity contribution in [2.75, 3.05) is 17.6 Å². The van der Waals surface area contributed by atoms with Crippen LogP contribution in [0.1, 0.15) is 26.3 Å². The Kier molecular flexibility index (Phi) is 6.80. The van der Waals surface area contributed by atoms with Crippen LogP contribution in [0.25, 0.3) is 27.7 Å². The molecular weight excluding hydrogens is 526 g/mol. The zero-order chi connectivity index (χ0) is 28.7. The van der Waals surface area contributed by atoms with Gasteiger partial charge < -0.3 is 10.5 Å². The van der Waals surface area contributed by atoms with Crippen LogP contribution in [-0.2, 0) is 15.4 Å². The average molecular weight is 556 g/mol. The third kappa shape index (κ3) is 5.13. The number of rotatable bonds is 6. The number of benzene rings is 3. The summed E-state index contributed by atoms with van der Waals surface area (Å²) in [4.78, 5) is 22.3. The van der Waals surface area contributed by atoms with E-state index >= 15 is 0 Å². The zero-order valence-corrected chi connectivity index (χ0v) is 23.4. The first-order valence-corrected chi connectivity index (χ1v) is 14.0. The van der Waals surface area contributed by atoms with Crippen LogP contribution in [0.4, 0.5) is 11.6 Å². The molecule has 5 aromatic rings. The predicted molar refractivity (Wildman–Crippen MR) is 157 cm³/mol. The highest BCUT2D eigenvalue weighted by molar-refractivity contribution is 7.92. The van der Waals surface area contributed by atoms with Crippen LogP contribution in [0.3, 0.4) is 0 Å². The zero-order valence-electron chi connectivity index (χ0n) is 22.5. The van der Waals surface area contributed by atoms with Crippen molar-refractivity contribution in [3.63, 3.8) is 0 Å². The normalized spacial score (nSPS) is 11.9. The fourth-order valence-corrected chi connectivity index (χ4v) is 5.48. The molecule has 0 spiro atoms. The standard InChI is InChI=1S/C30H29N5O4S/c1-30(2,3)21-9-8-12-23(17-21)40(37,38)34-26-16-20(18-32-27(26)39-4)19-13-14-25-24(15-19)28(36)35(29(31)33-25)22-10-6-5-7-11-22/h5-18,34H,1-4H3,(H2,31,33). The average Bonchev–Trinajstić information content (AvgIpc) is 2.93. The quantitative estimate of drug-likeness (QED) is 0.297. The first-order valence-electron chi connectivity index (χ1n) is 12.5. The van der Waals surface area contributed by atoms with Crippen LogP contribution >= 0.6 is 0 Å². The molecule has 204 valence electrons. The number of fused-ring (bicyclic) bond motifs is 1. The summed E-state index contributed by atoms with van der Waals surface area (Å²) in [5.41, 5.74) is 8.89. The fraction of sp³-hybridized carbons (Fsp3) is 0.167. The minimum atomic E-state index is -3.96. The van der Waals surface area contributed by atoms with Gasteiger partial charge in [-0.15, -0.1) is 0 Å². The fourth-order valence-electron chi connectivity index (χ4n) is 4.39. The van der Waals surface area contributed by atoms with Crippen molar-refractivity contribution in [1.29, 1.82) is 0 Å². The highest BCUT2D eigenvalue weighted by atomic mass is 32.2. The van der Waals surface area contributed by atoms with Gasteiger partial charge in [0, 0.05) is 11.8 Å². The molecule has 40 heavy (non-hydrogen) atoms. The Hall–Kier alpha value is -4.70. The molecule has 10 heteroatoms. The second-order valence-corrected chi connectivity index (χ2v) is 12.0. The molecule has 0 aliphatic rings. The molecule has 3 aromatic carbocycles. The van der Waals surface area contributed by atoms with Crippen molar-refractivity contribution in [2.45, 2.75) is 31.1 Å². The molecule has 0 aliphatic carbocycles. The minimum absolute atomic E-state index is 0.0785. The van der Waals surface area contributed by atoms with E-state index in [1.807, 2.05) is 45.0 Å². The summed E-state index contributed by atoms with van der Waals surface area (Å²) >= 11 is 0. The van der Waals surface area contributed by atoms with E-state index in [2.05, 4.69) is 14.7 Å². The molecule has 3 N–H and O–H groups in total. The molecule has 0 amide bonds. The Morgan fingerprint density at radius 2 is 1.68 bits per heavy atom. The largest absolute Gasteiger partial charge is 0.480 e. The smallest absolute Gasteiger partial charge is 0.267 e. The van der Waals surface area contributed by atoms with Gasteiger partial charge in [-0.3, -0.25) is 9.52 Å². The number of hydrogen-bond donors (Lipinski definition) is 2. The molecule has 0 radical (unpaired) electrons. The maximum Gasteiger partial charge on any atom is 0.267 e. The van der Waals surface area contributed by atoms with Gasteiger partial charge in [-0.05, 0) is 59.0 Å². The van der Waals surface area contributed by atoms with Crippen LogP contribution in [0.2, 0.25) is 0 Å². The van der Waals surface area contributed by atoms with Gasteiger partial charge in [0.1, 0.15) is 5.69 Å². The van der Waals surface area contributed by atoms with Crippen molar-refractivity contribution in [3.8, 4) is 22.7 Å². The van der Waals surface area contributed by atoms with Crippen LogP contribution in [0.5, 0.6) is 5.88 Å². The Morgan fingerprint density at radius 3 is 2.38 bits per heavy atom. The lowest BCUT2D eigenvalue weighted by atomic mass is 9.87. The number of sulfonamides is 1. The van der Waals surface area contributed by atoms with Gasteiger partial charge in [-0.25, -0.2) is 23.0 Å². The van der Waals surface area contributed by atoms with E-state index in [4.69, 9.17) is 10.5 Å². The summed E-state index contributed by atoms with van der Waals surface area (Å²) in [5, 5.41) is 0.354. The molecule has 0 atom stereocenters. The molecule has 0 bridgehead atoms. The molecule has 0 fully saturated rings. The Morgan fingerprint density at radius 1 is 0.925 bits per heavy atom. The van der Waals surface area contributed by atoms with Gasteiger partial charge in [0.2, 0.25) is 11.8 Å². The number of nitrogen functional groups attached to an aromatic ring is 1. The van der Waals surface area contributed by atoms with Gasteiger partial charge in [-0.2, -0.15) is 0 Å². The third-order valence-corrected chi connectivity index (χ3v) is 7.90. The lowest BCUT2D eigenvalue weighted by Gasteiger charge is -2.20. The Balaban J connectivity index is 1.57. The number of pyridine rings is 1. The van der Waals surface area contributed by atoms with Crippen molar-refractivity contribution < 1.29 is 13.2 Å². The van der Waals surface area contributed by atoms with Crippen LogP contribution in [0, 0.1) is 0 Å². The lowest BCUT2D eigenvalue weighted by Crippen LogP contribution is -2.23. The van der Waals surface area contributed by atoms with Crippen LogP contribution in [0.15, 0.2) is 94.7 Å². The number of aromatic nitrogens is 3. The maximum absolute atomic E-state index is 13.5. The highest BCUT2D eigenvalue weighted by Crippen LogP contribution is 2.32. The van der Waals surface area contributed by atoms with E-state index in [9.17, 15) is 13.2 Å². The minimum Gasteiger partial charge on any atom is -0.480 e. The van der Waals surface area contributed by atoms with Crippen molar-refractivity contribution in [1.82, 2.24) is 14.5 Å². The van der Waals surface area contributed by atoms with E-state index in [0.29, 0.717) is 27.7 Å². The highest BCUT2D eigenvalue weighted by Gasteiger charge is 2.21. The van der Waals surface area contributed by atoms with Crippen LogP contribution in [-0.4, -0.2) is 30.1 Å². The SMILES string of the molecule is COc1ncc(-c2ccc3nc(N)n(-c4ccccc4)c(=O)c3c2)cc1NS(=O)(=O)c1cccc(C(C)(C)C)c1. The van der Waals surface area contributed by atoms with Crippen LogP contribution < -0.4 is 20.8 Å². The lowest BCUT2D eigenvalue weighted by molar-refractivity contribution is 0.400. The first kappa shape index (κ1) is 26.9. The molecule has 5 rings (SSSR count). The molecule has 0 unspecified atom stereocenters. The first-order chi connectivity index (χ1) is 19.0. The van der Waals surface area contributed by atoms with Gasteiger partial charge in [0.25, 0.3) is 15.6 Å².